The second-order valence-electron chi connectivity index (χ2n) is 7.09. The molecule has 0 aliphatic carbocycles. The molecule has 23 heavy (non-hydrogen) atoms. The SMILES string of the molecule is CCC(NC1CCN(C(=O)OC(C)(C)C)C1)c1ccc(Br)cc1. The van der Waals surface area contributed by atoms with E-state index < -0.39 is 5.60 Å². The Kier molecular flexibility index (Phi) is 6.09. The number of hydrogen-bond donors (Lipinski definition) is 1. The minimum Gasteiger partial charge on any atom is -0.444 e. The summed E-state index contributed by atoms with van der Waals surface area (Å²) in [6.45, 7) is 9.34. The summed E-state index contributed by atoms with van der Waals surface area (Å²) in [7, 11) is 0. The van der Waals surface area contributed by atoms with Crippen LogP contribution in [0.4, 0.5) is 4.79 Å². The fraction of sp³-hybridized carbons (Fsp3) is 0.611. The standard InChI is InChI=1S/C18H27BrN2O2/c1-5-16(13-6-8-14(19)9-7-13)20-15-10-11-21(12-15)17(22)23-18(2,3)4/h6-9,15-16,20H,5,10-12H2,1-4H3. The zero-order valence-electron chi connectivity index (χ0n) is 14.4. The normalized spacial score (nSPS) is 19.7. The third kappa shape index (κ3) is 5.50. The van der Waals surface area contributed by atoms with Crippen molar-refractivity contribution in [2.45, 2.75) is 58.2 Å². The zero-order chi connectivity index (χ0) is 17.0. The lowest BCUT2D eigenvalue weighted by Gasteiger charge is -2.25. The molecule has 2 unspecified atom stereocenters. The first-order valence-electron chi connectivity index (χ1n) is 8.28. The highest BCUT2D eigenvalue weighted by Crippen LogP contribution is 2.22. The van der Waals surface area contributed by atoms with E-state index in [1.165, 1.54) is 5.56 Å². The Morgan fingerprint density at radius 3 is 2.61 bits per heavy atom. The quantitative estimate of drug-likeness (QED) is 0.833. The van der Waals surface area contributed by atoms with Crippen molar-refractivity contribution >= 4 is 22.0 Å². The highest BCUT2D eigenvalue weighted by Gasteiger charge is 2.30. The number of benzene rings is 1. The number of carbonyl (C=O) groups is 1. The predicted octanol–water partition coefficient (Wildman–Crippen LogP) is 4.50. The number of halogens is 1. The van der Waals surface area contributed by atoms with Crippen molar-refractivity contribution in [3.63, 3.8) is 0 Å². The summed E-state index contributed by atoms with van der Waals surface area (Å²) in [4.78, 5) is 13.9. The molecular formula is C18H27BrN2O2. The molecule has 128 valence electrons. The summed E-state index contributed by atoms with van der Waals surface area (Å²) in [5.74, 6) is 0. The Morgan fingerprint density at radius 2 is 2.04 bits per heavy atom. The summed E-state index contributed by atoms with van der Waals surface area (Å²) in [6.07, 6.45) is 1.77. The van der Waals surface area contributed by atoms with Gasteiger partial charge in [-0.1, -0.05) is 35.0 Å². The van der Waals surface area contributed by atoms with E-state index in [2.05, 4.69) is 52.4 Å². The van der Waals surface area contributed by atoms with Crippen molar-refractivity contribution in [3.8, 4) is 0 Å². The molecule has 0 bridgehead atoms. The van der Waals surface area contributed by atoms with Crippen molar-refractivity contribution in [2.75, 3.05) is 13.1 Å². The second kappa shape index (κ2) is 7.67. The third-order valence-electron chi connectivity index (χ3n) is 3.96. The molecule has 2 rings (SSSR count). The number of amides is 1. The van der Waals surface area contributed by atoms with Gasteiger partial charge < -0.3 is 15.0 Å². The van der Waals surface area contributed by atoms with Gasteiger partial charge in [0.15, 0.2) is 0 Å². The summed E-state index contributed by atoms with van der Waals surface area (Å²) in [5.41, 5.74) is 0.845. The van der Waals surface area contributed by atoms with Gasteiger partial charge in [0.05, 0.1) is 0 Å². The Balaban J connectivity index is 1.91. The van der Waals surface area contributed by atoms with Crippen LogP contribution in [-0.2, 0) is 4.74 Å². The molecule has 1 aromatic carbocycles. The van der Waals surface area contributed by atoms with Crippen LogP contribution in [0.25, 0.3) is 0 Å². The van der Waals surface area contributed by atoms with Crippen LogP contribution in [-0.4, -0.2) is 35.7 Å². The molecule has 0 saturated carbocycles. The monoisotopic (exact) mass is 382 g/mol. The molecule has 1 aliphatic rings. The van der Waals surface area contributed by atoms with Crippen LogP contribution >= 0.6 is 15.9 Å². The van der Waals surface area contributed by atoms with Crippen molar-refractivity contribution in [1.29, 1.82) is 0 Å². The molecule has 0 spiro atoms. The van der Waals surface area contributed by atoms with Crippen LogP contribution in [0.5, 0.6) is 0 Å². The minimum absolute atomic E-state index is 0.210. The minimum atomic E-state index is -0.439. The van der Waals surface area contributed by atoms with E-state index in [-0.39, 0.29) is 6.09 Å². The van der Waals surface area contributed by atoms with Gasteiger partial charge in [-0.3, -0.25) is 0 Å². The van der Waals surface area contributed by atoms with E-state index in [9.17, 15) is 4.79 Å². The van der Waals surface area contributed by atoms with Gasteiger partial charge in [0.2, 0.25) is 0 Å². The van der Waals surface area contributed by atoms with Gasteiger partial charge in [0, 0.05) is 29.6 Å². The highest BCUT2D eigenvalue weighted by atomic mass is 79.9. The lowest BCUT2D eigenvalue weighted by molar-refractivity contribution is 0.0290. The highest BCUT2D eigenvalue weighted by molar-refractivity contribution is 9.10. The Morgan fingerprint density at radius 1 is 1.39 bits per heavy atom. The molecule has 1 saturated heterocycles. The Bertz CT molecular complexity index is 525. The topological polar surface area (TPSA) is 41.6 Å². The van der Waals surface area contributed by atoms with Crippen LogP contribution in [0.2, 0.25) is 0 Å². The van der Waals surface area contributed by atoms with E-state index in [0.717, 1.165) is 23.9 Å². The van der Waals surface area contributed by atoms with Crippen molar-refractivity contribution in [3.05, 3.63) is 34.3 Å². The molecule has 2 atom stereocenters. The fourth-order valence-corrected chi connectivity index (χ4v) is 3.08. The molecule has 1 aliphatic heterocycles. The average Bonchev–Trinajstić information content (AvgIpc) is 2.93. The smallest absolute Gasteiger partial charge is 0.410 e. The van der Waals surface area contributed by atoms with Crippen LogP contribution in [0.1, 0.15) is 52.1 Å². The van der Waals surface area contributed by atoms with Gasteiger partial charge in [-0.15, -0.1) is 0 Å². The van der Waals surface area contributed by atoms with Gasteiger partial charge in [-0.05, 0) is 51.3 Å². The van der Waals surface area contributed by atoms with Crippen molar-refractivity contribution in [2.24, 2.45) is 0 Å². The summed E-state index contributed by atoms with van der Waals surface area (Å²) in [5, 5.41) is 3.68. The summed E-state index contributed by atoms with van der Waals surface area (Å²) >= 11 is 3.47. The summed E-state index contributed by atoms with van der Waals surface area (Å²) < 4.78 is 6.54. The molecule has 1 N–H and O–H groups in total. The molecule has 4 nitrogen and oxygen atoms in total. The molecule has 1 aromatic rings. The van der Waals surface area contributed by atoms with Crippen molar-refractivity contribution < 1.29 is 9.53 Å². The van der Waals surface area contributed by atoms with Crippen molar-refractivity contribution in [1.82, 2.24) is 10.2 Å². The maximum atomic E-state index is 12.1. The van der Waals surface area contributed by atoms with Crippen LogP contribution in [0.3, 0.4) is 0 Å². The van der Waals surface area contributed by atoms with Gasteiger partial charge in [-0.25, -0.2) is 4.79 Å². The first kappa shape index (κ1) is 18.3. The lowest BCUT2D eigenvalue weighted by atomic mass is 10.0. The van der Waals surface area contributed by atoms with Gasteiger partial charge in [-0.2, -0.15) is 0 Å². The predicted molar refractivity (Wildman–Crippen MR) is 96.5 cm³/mol. The number of nitrogens with zero attached hydrogens (tertiary/aromatic N) is 1. The number of likely N-dealkylation sites (tertiary alicyclic amines) is 1. The first-order chi connectivity index (χ1) is 10.8. The molecular weight excluding hydrogens is 356 g/mol. The van der Waals surface area contributed by atoms with Gasteiger partial charge in [0.25, 0.3) is 0 Å². The largest absolute Gasteiger partial charge is 0.444 e. The third-order valence-corrected chi connectivity index (χ3v) is 4.49. The number of rotatable bonds is 4. The van der Waals surface area contributed by atoms with Gasteiger partial charge in [0.1, 0.15) is 5.60 Å². The number of carbonyl (C=O) groups excluding carboxylic acids is 1. The first-order valence-corrected chi connectivity index (χ1v) is 9.07. The average molecular weight is 383 g/mol. The van der Waals surface area contributed by atoms with E-state index in [4.69, 9.17) is 4.74 Å². The second-order valence-corrected chi connectivity index (χ2v) is 8.01. The Labute approximate surface area is 147 Å². The van der Waals surface area contributed by atoms with E-state index in [1.54, 1.807) is 4.90 Å². The molecule has 0 aromatic heterocycles. The lowest BCUT2D eigenvalue weighted by Crippen LogP contribution is -2.39. The number of hydrogen-bond acceptors (Lipinski definition) is 3. The summed E-state index contributed by atoms with van der Waals surface area (Å²) in [6, 6.07) is 9.06. The Hall–Kier alpha value is -1.07. The molecule has 0 radical (unpaired) electrons. The maximum Gasteiger partial charge on any atom is 0.410 e. The fourth-order valence-electron chi connectivity index (χ4n) is 2.82. The maximum absolute atomic E-state index is 12.1. The van der Waals surface area contributed by atoms with Crippen LogP contribution in [0.15, 0.2) is 28.7 Å². The van der Waals surface area contributed by atoms with Crippen LogP contribution in [0, 0.1) is 0 Å². The molecule has 1 amide bonds. The molecule has 5 heteroatoms. The van der Waals surface area contributed by atoms with E-state index >= 15 is 0 Å². The van der Waals surface area contributed by atoms with Crippen LogP contribution < -0.4 is 5.32 Å². The number of ether oxygens (including phenoxy) is 1. The molecule has 1 heterocycles. The van der Waals surface area contributed by atoms with Gasteiger partial charge >= 0.3 is 6.09 Å². The van der Waals surface area contributed by atoms with E-state index in [1.807, 2.05) is 20.8 Å². The molecule has 1 fully saturated rings. The van der Waals surface area contributed by atoms with E-state index in [0.29, 0.717) is 18.6 Å². The zero-order valence-corrected chi connectivity index (χ0v) is 16.0. The number of nitrogens with one attached hydrogen (secondary N) is 1.